The Bertz CT molecular complexity index is 247. The van der Waals surface area contributed by atoms with Gasteiger partial charge in [0, 0.05) is 11.0 Å². The molecule has 0 N–H and O–H groups in total. The summed E-state index contributed by atoms with van der Waals surface area (Å²) in [5.74, 6) is 1.31. The van der Waals surface area contributed by atoms with Crippen molar-refractivity contribution in [1.29, 1.82) is 0 Å². The molecule has 0 aromatic heterocycles. The minimum Gasteiger partial charge on any atom is -0.152 e. The molecule has 1 unspecified atom stereocenters. The molecule has 1 atom stereocenters. The maximum atomic E-state index is 2.28. The van der Waals surface area contributed by atoms with E-state index >= 15 is 0 Å². The van der Waals surface area contributed by atoms with Crippen LogP contribution in [0.4, 0.5) is 0 Å². The average molecular weight is 162 g/mol. The third-order valence-corrected chi connectivity index (χ3v) is 2.54. The zero-order valence-electron chi connectivity index (χ0n) is 6.23. The van der Waals surface area contributed by atoms with Gasteiger partial charge in [0.25, 0.3) is 0 Å². The zero-order chi connectivity index (χ0) is 7.52. The van der Waals surface area contributed by atoms with Crippen LogP contribution in [0, 0.1) is 0 Å². The molecule has 1 aliphatic heterocycles. The first-order valence-corrected chi connectivity index (χ1v) is 4.85. The van der Waals surface area contributed by atoms with E-state index in [1.807, 2.05) is 17.8 Å². The first-order chi connectivity index (χ1) is 5.45. The van der Waals surface area contributed by atoms with Crippen molar-refractivity contribution in [2.24, 2.45) is 0 Å². The quantitative estimate of drug-likeness (QED) is 0.602. The highest BCUT2D eigenvalue weighted by Gasteiger charge is 2.17. The fraction of sp³-hybridized carbons (Fsp3) is 0.200. The van der Waals surface area contributed by atoms with Gasteiger partial charge in [-0.05, 0) is 5.56 Å². The van der Waals surface area contributed by atoms with Crippen molar-refractivity contribution in [1.82, 2.24) is 0 Å². The van der Waals surface area contributed by atoms with Crippen molar-refractivity contribution >= 4 is 17.8 Å². The largest absolute Gasteiger partial charge is 0.152 e. The third-order valence-electron chi connectivity index (χ3n) is 1.66. The Morgan fingerprint density at radius 2 is 2.00 bits per heavy atom. The Labute approximate surface area is 71.3 Å². The van der Waals surface area contributed by atoms with Crippen molar-refractivity contribution in [3.63, 3.8) is 0 Å². The van der Waals surface area contributed by atoms with Crippen molar-refractivity contribution < 1.29 is 0 Å². The van der Waals surface area contributed by atoms with E-state index in [2.05, 4.69) is 36.4 Å². The van der Waals surface area contributed by atoms with Crippen LogP contribution in [-0.2, 0) is 0 Å². The van der Waals surface area contributed by atoms with Gasteiger partial charge in [-0.1, -0.05) is 42.5 Å². The molecule has 1 saturated heterocycles. The fourth-order valence-electron chi connectivity index (χ4n) is 0.949. The van der Waals surface area contributed by atoms with Gasteiger partial charge in [-0.25, -0.2) is 0 Å². The Kier molecular flexibility index (Phi) is 1.99. The molecule has 56 valence electrons. The molecule has 1 aromatic carbocycles. The van der Waals surface area contributed by atoms with E-state index in [4.69, 9.17) is 0 Å². The summed E-state index contributed by atoms with van der Waals surface area (Å²) in [6.45, 7) is 0. The van der Waals surface area contributed by atoms with Crippen LogP contribution in [0.1, 0.15) is 5.56 Å². The lowest BCUT2D eigenvalue weighted by atomic mass is 10.2. The maximum Gasteiger partial charge on any atom is 0.0321 e. The minimum absolute atomic E-state index is 0.801. The molecule has 0 radical (unpaired) electrons. The predicted octanol–water partition coefficient (Wildman–Crippen LogP) is 2.82. The molecule has 0 saturated carbocycles. The predicted molar refractivity (Wildman–Crippen MR) is 51.7 cm³/mol. The Hall–Kier alpha value is -0.690. The SMILES string of the molecule is C(=C\C1CS1)/c1ccccc1. The van der Waals surface area contributed by atoms with E-state index in [0.717, 1.165) is 5.25 Å². The topological polar surface area (TPSA) is 0 Å². The number of benzene rings is 1. The summed E-state index contributed by atoms with van der Waals surface area (Å²) in [7, 11) is 0. The molecule has 1 aromatic rings. The summed E-state index contributed by atoms with van der Waals surface area (Å²) >= 11 is 2.00. The van der Waals surface area contributed by atoms with Gasteiger partial charge in [0.15, 0.2) is 0 Å². The lowest BCUT2D eigenvalue weighted by molar-refractivity contribution is 1.42. The number of rotatable bonds is 2. The zero-order valence-corrected chi connectivity index (χ0v) is 7.05. The second-order valence-corrected chi connectivity index (χ2v) is 3.91. The highest BCUT2D eigenvalue weighted by molar-refractivity contribution is 8.07. The van der Waals surface area contributed by atoms with Gasteiger partial charge in [-0.2, -0.15) is 11.8 Å². The van der Waals surface area contributed by atoms with Gasteiger partial charge in [-0.15, -0.1) is 0 Å². The second kappa shape index (κ2) is 3.14. The van der Waals surface area contributed by atoms with E-state index in [1.165, 1.54) is 11.3 Å². The molecule has 0 spiro atoms. The van der Waals surface area contributed by atoms with Crippen molar-refractivity contribution in [2.45, 2.75) is 5.25 Å². The van der Waals surface area contributed by atoms with E-state index in [-0.39, 0.29) is 0 Å². The molecule has 0 aliphatic carbocycles. The van der Waals surface area contributed by atoms with Crippen LogP contribution in [0.2, 0.25) is 0 Å². The first-order valence-electron chi connectivity index (χ1n) is 3.80. The van der Waals surface area contributed by atoms with Crippen molar-refractivity contribution in [3.8, 4) is 0 Å². The molecule has 2 rings (SSSR count). The smallest absolute Gasteiger partial charge is 0.0321 e. The lowest BCUT2D eigenvalue weighted by Gasteiger charge is -1.88. The first kappa shape index (κ1) is 6.99. The summed E-state index contributed by atoms with van der Waals surface area (Å²) in [6, 6.07) is 10.4. The summed E-state index contributed by atoms with van der Waals surface area (Å²) in [5.41, 5.74) is 1.31. The normalized spacial score (nSPS) is 22.4. The van der Waals surface area contributed by atoms with Gasteiger partial charge in [0.05, 0.1) is 0 Å². The summed E-state index contributed by atoms with van der Waals surface area (Å²) in [4.78, 5) is 0. The van der Waals surface area contributed by atoms with E-state index in [0.29, 0.717) is 0 Å². The van der Waals surface area contributed by atoms with Crippen LogP contribution in [0.5, 0.6) is 0 Å². The Morgan fingerprint density at radius 1 is 1.27 bits per heavy atom. The van der Waals surface area contributed by atoms with Gasteiger partial charge >= 0.3 is 0 Å². The highest BCUT2D eigenvalue weighted by Crippen LogP contribution is 2.31. The molecule has 1 aliphatic rings. The lowest BCUT2D eigenvalue weighted by Crippen LogP contribution is -1.72. The van der Waals surface area contributed by atoms with E-state index in [9.17, 15) is 0 Å². The van der Waals surface area contributed by atoms with Crippen LogP contribution in [-0.4, -0.2) is 11.0 Å². The molecule has 1 heterocycles. The average Bonchev–Trinajstić information content (AvgIpc) is 2.86. The second-order valence-electron chi connectivity index (χ2n) is 2.64. The molecule has 11 heavy (non-hydrogen) atoms. The summed E-state index contributed by atoms with van der Waals surface area (Å²) in [5, 5.41) is 0.801. The number of thioether (sulfide) groups is 1. The fourth-order valence-corrected chi connectivity index (χ4v) is 1.36. The van der Waals surface area contributed by atoms with Crippen molar-refractivity contribution in [3.05, 3.63) is 42.0 Å². The van der Waals surface area contributed by atoms with Crippen molar-refractivity contribution in [2.75, 3.05) is 5.75 Å². The van der Waals surface area contributed by atoms with E-state index < -0.39 is 0 Å². The molecule has 0 amide bonds. The maximum absolute atomic E-state index is 2.28. The van der Waals surface area contributed by atoms with Crippen LogP contribution < -0.4 is 0 Å². The Balaban J connectivity index is 2.05. The summed E-state index contributed by atoms with van der Waals surface area (Å²) in [6.07, 6.45) is 4.48. The van der Waals surface area contributed by atoms with E-state index in [1.54, 1.807) is 0 Å². The number of hydrogen-bond donors (Lipinski definition) is 0. The monoisotopic (exact) mass is 162 g/mol. The van der Waals surface area contributed by atoms with Crippen LogP contribution >= 0.6 is 11.8 Å². The molecule has 0 bridgehead atoms. The Morgan fingerprint density at radius 3 is 2.64 bits per heavy atom. The highest BCUT2D eigenvalue weighted by atomic mass is 32.2. The van der Waals surface area contributed by atoms with Gasteiger partial charge in [-0.3, -0.25) is 0 Å². The number of hydrogen-bond acceptors (Lipinski definition) is 1. The van der Waals surface area contributed by atoms with Gasteiger partial charge in [0.2, 0.25) is 0 Å². The molecular formula is C10H10S. The molecule has 0 nitrogen and oxygen atoms in total. The summed E-state index contributed by atoms with van der Waals surface area (Å²) < 4.78 is 0. The third kappa shape index (κ3) is 2.12. The van der Waals surface area contributed by atoms with Gasteiger partial charge in [0.1, 0.15) is 0 Å². The standard InChI is InChI=1S/C10H10S/c1-2-4-9(5-3-1)6-7-10-8-11-10/h1-7,10H,8H2/b7-6+. The molecular weight excluding hydrogens is 152 g/mol. The van der Waals surface area contributed by atoms with Crippen LogP contribution in [0.25, 0.3) is 6.08 Å². The van der Waals surface area contributed by atoms with Crippen LogP contribution in [0.3, 0.4) is 0 Å². The molecule has 1 fully saturated rings. The minimum atomic E-state index is 0.801. The van der Waals surface area contributed by atoms with Gasteiger partial charge < -0.3 is 0 Å². The van der Waals surface area contributed by atoms with Crippen LogP contribution in [0.15, 0.2) is 36.4 Å². The molecule has 1 heteroatoms.